The van der Waals surface area contributed by atoms with Crippen LogP contribution in [0, 0.1) is 5.92 Å². The summed E-state index contributed by atoms with van der Waals surface area (Å²) < 4.78 is 1.25. The van der Waals surface area contributed by atoms with E-state index in [-0.39, 0.29) is 0 Å². The first kappa shape index (κ1) is 13.6. The lowest BCUT2D eigenvalue weighted by Crippen LogP contribution is -2.23. The van der Waals surface area contributed by atoms with Gasteiger partial charge in [0.15, 0.2) is 0 Å². The molecule has 0 radical (unpaired) electrons. The fraction of sp³-hybridized carbons (Fsp3) is 0.714. The normalized spacial score (nSPS) is 19.4. The molecule has 1 aliphatic rings. The van der Waals surface area contributed by atoms with Gasteiger partial charge in [-0.1, -0.05) is 39.0 Å². The summed E-state index contributed by atoms with van der Waals surface area (Å²) in [6.07, 6.45) is 8.53. The van der Waals surface area contributed by atoms with Gasteiger partial charge in [-0.25, -0.2) is 0 Å². The molecule has 0 amide bonds. The smallest absolute Gasteiger partial charge is 0.0701 e. The lowest BCUT2D eigenvalue weighted by atomic mass is 9.84. The minimum absolute atomic E-state index is 0.569. The van der Waals surface area contributed by atoms with Gasteiger partial charge in [-0.3, -0.25) is 0 Å². The van der Waals surface area contributed by atoms with Crippen LogP contribution in [0.15, 0.2) is 15.9 Å². The summed E-state index contributed by atoms with van der Waals surface area (Å²) in [5, 5.41) is 3.65. The molecule has 17 heavy (non-hydrogen) atoms. The molecule has 0 spiro atoms. The average molecular weight is 316 g/mol. The summed E-state index contributed by atoms with van der Waals surface area (Å²) in [7, 11) is 0. The van der Waals surface area contributed by atoms with Crippen LogP contribution in [0.4, 0.5) is 0 Å². The molecule has 1 N–H and O–H groups in total. The molecule has 1 aromatic rings. The average Bonchev–Trinajstić information content (AvgIpc) is 2.77. The van der Waals surface area contributed by atoms with E-state index in [0.29, 0.717) is 6.04 Å². The Morgan fingerprint density at radius 2 is 2.12 bits per heavy atom. The van der Waals surface area contributed by atoms with E-state index in [0.717, 1.165) is 12.5 Å². The Balaban J connectivity index is 1.96. The van der Waals surface area contributed by atoms with Gasteiger partial charge in [0.1, 0.15) is 0 Å². The fourth-order valence-corrected chi connectivity index (χ4v) is 4.33. The molecule has 0 aromatic carbocycles. The molecule has 1 nitrogen and oxygen atoms in total. The third-order valence-electron chi connectivity index (χ3n) is 3.68. The quantitative estimate of drug-likeness (QED) is 0.794. The van der Waals surface area contributed by atoms with Gasteiger partial charge in [0.2, 0.25) is 0 Å². The van der Waals surface area contributed by atoms with Crippen molar-refractivity contribution >= 4 is 27.3 Å². The highest BCUT2D eigenvalue weighted by atomic mass is 79.9. The zero-order valence-electron chi connectivity index (χ0n) is 10.5. The minimum Gasteiger partial charge on any atom is -0.310 e. The Labute approximate surface area is 117 Å². The second-order valence-corrected chi connectivity index (χ2v) is 7.49. The van der Waals surface area contributed by atoms with Crippen LogP contribution in [0.5, 0.6) is 0 Å². The maximum absolute atomic E-state index is 3.65. The SMILES string of the molecule is CCNC(CC1CCCCC1)c1ccc(Br)s1. The first-order valence-corrected chi connectivity index (χ1v) is 8.39. The number of thiophene rings is 1. The molecular formula is C14H22BrNS. The molecule has 1 fully saturated rings. The van der Waals surface area contributed by atoms with Crippen LogP contribution in [0.25, 0.3) is 0 Å². The number of nitrogens with one attached hydrogen (secondary N) is 1. The van der Waals surface area contributed by atoms with Crippen LogP contribution in [-0.4, -0.2) is 6.54 Å². The first-order chi connectivity index (χ1) is 8.29. The van der Waals surface area contributed by atoms with Crippen LogP contribution in [0.2, 0.25) is 0 Å². The number of rotatable bonds is 5. The number of halogens is 1. The van der Waals surface area contributed by atoms with Gasteiger partial charge < -0.3 is 5.32 Å². The third-order valence-corrected chi connectivity index (χ3v) is 5.42. The topological polar surface area (TPSA) is 12.0 Å². The minimum atomic E-state index is 0.569. The van der Waals surface area contributed by atoms with Gasteiger partial charge in [0.05, 0.1) is 3.79 Å². The van der Waals surface area contributed by atoms with Gasteiger partial charge in [-0.15, -0.1) is 11.3 Å². The molecule has 0 bridgehead atoms. The number of hydrogen-bond acceptors (Lipinski definition) is 2. The molecule has 0 aliphatic heterocycles. The fourth-order valence-electron chi connectivity index (χ4n) is 2.82. The van der Waals surface area contributed by atoms with Crippen molar-refractivity contribution in [2.24, 2.45) is 5.92 Å². The van der Waals surface area contributed by atoms with E-state index in [1.165, 1.54) is 47.2 Å². The molecule has 1 saturated carbocycles. The zero-order chi connectivity index (χ0) is 12.1. The van der Waals surface area contributed by atoms with Crippen molar-refractivity contribution in [1.82, 2.24) is 5.32 Å². The Morgan fingerprint density at radius 1 is 1.35 bits per heavy atom. The van der Waals surface area contributed by atoms with Crippen LogP contribution < -0.4 is 5.32 Å². The van der Waals surface area contributed by atoms with Gasteiger partial charge in [-0.05, 0) is 46.9 Å². The Hall–Kier alpha value is 0.140. The monoisotopic (exact) mass is 315 g/mol. The van der Waals surface area contributed by atoms with E-state index < -0.39 is 0 Å². The maximum atomic E-state index is 3.65. The van der Waals surface area contributed by atoms with Crippen LogP contribution in [0.1, 0.15) is 56.4 Å². The molecular weight excluding hydrogens is 294 g/mol. The summed E-state index contributed by atoms with van der Waals surface area (Å²) >= 11 is 5.45. The second-order valence-electron chi connectivity index (χ2n) is 4.99. The van der Waals surface area contributed by atoms with E-state index in [2.05, 4.69) is 40.3 Å². The zero-order valence-corrected chi connectivity index (χ0v) is 12.9. The predicted molar refractivity (Wildman–Crippen MR) is 79.6 cm³/mol. The van der Waals surface area contributed by atoms with Crippen LogP contribution in [0.3, 0.4) is 0 Å². The van der Waals surface area contributed by atoms with E-state index in [1.54, 1.807) is 0 Å². The van der Waals surface area contributed by atoms with Crippen molar-refractivity contribution in [3.05, 3.63) is 20.8 Å². The first-order valence-electron chi connectivity index (χ1n) is 6.78. The summed E-state index contributed by atoms with van der Waals surface area (Å²) in [6, 6.07) is 5.01. The molecule has 1 atom stereocenters. The van der Waals surface area contributed by atoms with Gasteiger partial charge in [-0.2, -0.15) is 0 Å². The van der Waals surface area contributed by atoms with E-state index in [1.807, 2.05) is 11.3 Å². The third kappa shape index (κ3) is 4.08. The van der Waals surface area contributed by atoms with Crippen LogP contribution in [-0.2, 0) is 0 Å². The Kier molecular flexibility index (Phi) is 5.51. The van der Waals surface area contributed by atoms with Crippen molar-refractivity contribution in [3.63, 3.8) is 0 Å². The lowest BCUT2D eigenvalue weighted by molar-refractivity contribution is 0.303. The second kappa shape index (κ2) is 6.91. The van der Waals surface area contributed by atoms with Crippen molar-refractivity contribution < 1.29 is 0 Å². The van der Waals surface area contributed by atoms with Gasteiger partial charge in [0, 0.05) is 10.9 Å². The molecule has 2 rings (SSSR count). The lowest BCUT2D eigenvalue weighted by Gasteiger charge is -2.26. The van der Waals surface area contributed by atoms with Crippen molar-refractivity contribution in [2.75, 3.05) is 6.54 Å². The van der Waals surface area contributed by atoms with Crippen molar-refractivity contribution in [3.8, 4) is 0 Å². The summed E-state index contributed by atoms with van der Waals surface area (Å²) in [5.74, 6) is 0.939. The summed E-state index contributed by atoms with van der Waals surface area (Å²) in [5.41, 5.74) is 0. The van der Waals surface area contributed by atoms with E-state index in [9.17, 15) is 0 Å². The highest BCUT2D eigenvalue weighted by Crippen LogP contribution is 2.35. The summed E-state index contributed by atoms with van der Waals surface area (Å²) in [6.45, 7) is 3.27. The molecule has 3 heteroatoms. The molecule has 1 aliphatic carbocycles. The van der Waals surface area contributed by atoms with Crippen molar-refractivity contribution in [2.45, 2.75) is 51.5 Å². The molecule has 1 aromatic heterocycles. The van der Waals surface area contributed by atoms with Gasteiger partial charge in [0.25, 0.3) is 0 Å². The molecule has 0 saturated heterocycles. The highest BCUT2D eigenvalue weighted by molar-refractivity contribution is 9.11. The largest absolute Gasteiger partial charge is 0.310 e. The standard InChI is InChI=1S/C14H22BrNS/c1-2-16-12(13-8-9-14(15)17-13)10-11-6-4-3-5-7-11/h8-9,11-12,16H,2-7,10H2,1H3. The highest BCUT2D eigenvalue weighted by Gasteiger charge is 2.20. The number of hydrogen-bond donors (Lipinski definition) is 1. The predicted octanol–water partition coefficient (Wildman–Crippen LogP) is 5.13. The summed E-state index contributed by atoms with van der Waals surface area (Å²) in [4.78, 5) is 1.49. The molecule has 96 valence electrons. The van der Waals surface area contributed by atoms with E-state index in [4.69, 9.17) is 0 Å². The Bertz CT molecular complexity index is 331. The molecule has 1 unspecified atom stereocenters. The van der Waals surface area contributed by atoms with Crippen LogP contribution >= 0.6 is 27.3 Å². The Morgan fingerprint density at radius 3 is 2.71 bits per heavy atom. The van der Waals surface area contributed by atoms with E-state index >= 15 is 0 Å². The molecule has 1 heterocycles. The van der Waals surface area contributed by atoms with Gasteiger partial charge >= 0.3 is 0 Å². The maximum Gasteiger partial charge on any atom is 0.0701 e. The van der Waals surface area contributed by atoms with Crippen molar-refractivity contribution in [1.29, 1.82) is 0 Å².